The van der Waals surface area contributed by atoms with Crippen LogP contribution in [0, 0.1) is 5.92 Å². The van der Waals surface area contributed by atoms with Crippen molar-refractivity contribution in [2.75, 3.05) is 44.5 Å². The second-order valence-corrected chi connectivity index (χ2v) is 8.21. The molecule has 0 saturated carbocycles. The summed E-state index contributed by atoms with van der Waals surface area (Å²) in [7, 11) is 3.11. The second kappa shape index (κ2) is 9.44. The van der Waals surface area contributed by atoms with Gasteiger partial charge in [-0.25, -0.2) is 4.79 Å². The molecular formula is C23H28N4O5. The van der Waals surface area contributed by atoms with Crippen molar-refractivity contribution in [3.8, 4) is 5.75 Å². The number of likely N-dealkylation sites (tertiary alicyclic amines) is 1. The number of anilines is 2. The van der Waals surface area contributed by atoms with Crippen molar-refractivity contribution in [1.82, 2.24) is 9.47 Å². The number of hydrogen-bond donors (Lipinski definition) is 2. The molecule has 2 aliphatic rings. The van der Waals surface area contributed by atoms with Gasteiger partial charge >= 0.3 is 6.03 Å². The second-order valence-electron chi connectivity index (χ2n) is 8.21. The molecule has 0 radical (unpaired) electrons. The van der Waals surface area contributed by atoms with E-state index in [2.05, 4.69) is 10.6 Å². The summed E-state index contributed by atoms with van der Waals surface area (Å²) >= 11 is 0. The maximum Gasteiger partial charge on any atom is 0.323 e. The van der Waals surface area contributed by atoms with Crippen molar-refractivity contribution in [1.29, 1.82) is 0 Å². The number of nitrogens with one attached hydrogen (secondary N) is 2. The zero-order valence-electron chi connectivity index (χ0n) is 18.3. The number of carbonyl (C=O) groups is 2. The Morgan fingerprint density at radius 1 is 1.03 bits per heavy atom. The van der Waals surface area contributed by atoms with E-state index in [4.69, 9.17) is 9.47 Å². The molecule has 0 aliphatic carbocycles. The number of aromatic nitrogens is 1. The minimum Gasteiger partial charge on any atom is -0.495 e. The first-order valence-corrected chi connectivity index (χ1v) is 10.7. The van der Waals surface area contributed by atoms with E-state index < -0.39 is 6.03 Å². The number of rotatable bonds is 6. The number of hydrogen-bond acceptors (Lipinski definition) is 5. The molecule has 1 aromatic carbocycles. The van der Waals surface area contributed by atoms with E-state index >= 15 is 0 Å². The van der Waals surface area contributed by atoms with Gasteiger partial charge in [-0.2, -0.15) is 0 Å². The standard InChI is InChI=1S/C23H28N4O5/c1-31-10-9-21(28)26-12-15-11-16(14-26)19-8-7-18(22(29)27(19)13-15)25-23(30)24-17-5-3-4-6-20(17)32-2/h3-8,15-16H,9-14H2,1-2H3,(H2,24,25,30)/t15-,16+/m0/s1. The fourth-order valence-electron chi connectivity index (χ4n) is 4.62. The van der Waals surface area contributed by atoms with E-state index in [1.165, 1.54) is 7.11 Å². The molecule has 2 bridgehead atoms. The minimum absolute atomic E-state index is 0.0867. The van der Waals surface area contributed by atoms with Gasteiger partial charge in [0.05, 0.1) is 25.8 Å². The molecule has 9 heteroatoms. The Balaban J connectivity index is 1.48. The topological polar surface area (TPSA) is 102 Å². The van der Waals surface area contributed by atoms with E-state index in [9.17, 15) is 14.4 Å². The molecule has 2 atom stereocenters. The van der Waals surface area contributed by atoms with Gasteiger partial charge < -0.3 is 29.6 Å². The molecule has 1 aromatic heterocycles. The van der Waals surface area contributed by atoms with Gasteiger partial charge in [-0.05, 0) is 36.6 Å². The predicted octanol–water partition coefficient (Wildman–Crippen LogP) is 2.48. The molecule has 0 spiro atoms. The highest BCUT2D eigenvalue weighted by molar-refractivity contribution is 6.00. The third kappa shape index (κ3) is 4.47. The van der Waals surface area contributed by atoms with E-state index in [1.54, 1.807) is 42.0 Å². The number of para-hydroxylation sites is 2. The molecule has 3 amide bonds. The third-order valence-electron chi connectivity index (χ3n) is 6.08. The normalized spacial score (nSPS) is 19.1. The van der Waals surface area contributed by atoms with E-state index in [0.717, 1.165) is 12.1 Å². The van der Waals surface area contributed by atoms with Gasteiger partial charge in [-0.15, -0.1) is 0 Å². The molecule has 1 saturated heterocycles. The number of fused-ring (bicyclic) bond motifs is 4. The highest BCUT2D eigenvalue weighted by atomic mass is 16.5. The zero-order valence-corrected chi connectivity index (χ0v) is 18.3. The van der Waals surface area contributed by atoms with Gasteiger partial charge in [0.25, 0.3) is 5.56 Å². The average Bonchev–Trinajstić information content (AvgIpc) is 2.79. The molecule has 2 N–H and O–H groups in total. The van der Waals surface area contributed by atoms with Crippen LogP contribution < -0.4 is 20.9 Å². The van der Waals surface area contributed by atoms with Crippen LogP contribution in [0.5, 0.6) is 5.75 Å². The molecule has 2 aliphatic heterocycles. The maximum atomic E-state index is 13.1. The number of piperidine rings is 1. The summed E-state index contributed by atoms with van der Waals surface area (Å²) in [5, 5.41) is 5.37. The SMILES string of the molecule is COCCC(=O)N1C[C@@H]2C[C@H](C1)c1ccc(NC(=O)Nc3ccccc3OC)c(=O)n1C2. The molecule has 170 valence electrons. The molecule has 4 rings (SSSR count). The summed E-state index contributed by atoms with van der Waals surface area (Å²) in [6.07, 6.45) is 1.32. The van der Waals surface area contributed by atoms with Gasteiger partial charge in [-0.3, -0.25) is 9.59 Å². The van der Waals surface area contributed by atoms with Crippen molar-refractivity contribution >= 4 is 23.3 Å². The number of pyridine rings is 1. The lowest BCUT2D eigenvalue weighted by molar-refractivity contribution is -0.134. The highest BCUT2D eigenvalue weighted by Gasteiger charge is 2.36. The molecule has 1 fully saturated rings. The Kier molecular flexibility index (Phi) is 6.45. The van der Waals surface area contributed by atoms with Crippen LogP contribution in [0.15, 0.2) is 41.2 Å². The molecule has 9 nitrogen and oxygen atoms in total. The summed E-state index contributed by atoms with van der Waals surface area (Å²) in [6.45, 7) is 2.17. The predicted molar refractivity (Wildman–Crippen MR) is 120 cm³/mol. The van der Waals surface area contributed by atoms with Gasteiger partial charge in [0.2, 0.25) is 5.91 Å². The van der Waals surface area contributed by atoms with E-state index in [1.807, 2.05) is 11.0 Å². The zero-order chi connectivity index (χ0) is 22.7. The van der Waals surface area contributed by atoms with Gasteiger partial charge in [0.15, 0.2) is 0 Å². The molecule has 3 heterocycles. The van der Waals surface area contributed by atoms with Gasteiger partial charge in [-0.1, -0.05) is 12.1 Å². The lowest BCUT2D eigenvalue weighted by Crippen LogP contribution is -2.49. The largest absolute Gasteiger partial charge is 0.495 e. The fourth-order valence-corrected chi connectivity index (χ4v) is 4.62. The lowest BCUT2D eigenvalue weighted by atomic mass is 9.83. The van der Waals surface area contributed by atoms with Crippen LogP contribution in [-0.4, -0.2) is 55.3 Å². The number of amides is 3. The lowest BCUT2D eigenvalue weighted by Gasteiger charge is -2.43. The van der Waals surface area contributed by atoms with Gasteiger partial charge in [0.1, 0.15) is 11.4 Å². The van der Waals surface area contributed by atoms with Crippen LogP contribution in [0.2, 0.25) is 0 Å². The van der Waals surface area contributed by atoms with E-state index in [-0.39, 0.29) is 29.0 Å². The summed E-state index contributed by atoms with van der Waals surface area (Å²) in [4.78, 5) is 39.9. The van der Waals surface area contributed by atoms with Crippen molar-refractivity contribution in [2.45, 2.75) is 25.3 Å². The monoisotopic (exact) mass is 440 g/mol. The first-order valence-electron chi connectivity index (χ1n) is 10.7. The number of methoxy groups -OCH3 is 2. The highest BCUT2D eigenvalue weighted by Crippen LogP contribution is 2.35. The molecular weight excluding hydrogens is 412 g/mol. The van der Waals surface area contributed by atoms with Crippen LogP contribution in [0.4, 0.5) is 16.2 Å². The minimum atomic E-state index is -0.516. The third-order valence-corrected chi connectivity index (χ3v) is 6.08. The molecule has 2 aromatic rings. The van der Waals surface area contributed by atoms with Crippen LogP contribution in [-0.2, 0) is 16.1 Å². The fraction of sp³-hybridized carbons (Fsp3) is 0.435. The number of urea groups is 1. The van der Waals surface area contributed by atoms with Crippen molar-refractivity contribution in [2.24, 2.45) is 5.92 Å². The van der Waals surface area contributed by atoms with Crippen molar-refractivity contribution < 1.29 is 19.1 Å². The first kappa shape index (κ1) is 21.9. The van der Waals surface area contributed by atoms with E-state index in [0.29, 0.717) is 44.1 Å². The Bertz CT molecular complexity index is 1070. The van der Waals surface area contributed by atoms with Crippen LogP contribution in [0.25, 0.3) is 0 Å². The molecule has 0 unspecified atom stereocenters. The first-order chi connectivity index (χ1) is 15.5. The maximum absolute atomic E-state index is 13.1. The number of ether oxygens (including phenoxy) is 2. The summed E-state index contributed by atoms with van der Waals surface area (Å²) < 4.78 is 12.0. The Hall–Kier alpha value is -3.33. The van der Waals surface area contributed by atoms with Crippen molar-refractivity contribution in [3.05, 3.63) is 52.4 Å². The van der Waals surface area contributed by atoms with Crippen LogP contribution in [0.1, 0.15) is 24.5 Å². The summed E-state index contributed by atoms with van der Waals surface area (Å²) in [5.74, 6) is 0.937. The number of benzene rings is 1. The molecule has 32 heavy (non-hydrogen) atoms. The Labute approximate surface area is 186 Å². The van der Waals surface area contributed by atoms with Crippen LogP contribution in [0.3, 0.4) is 0 Å². The Morgan fingerprint density at radius 3 is 2.59 bits per heavy atom. The Morgan fingerprint density at radius 2 is 1.81 bits per heavy atom. The quantitative estimate of drug-likeness (QED) is 0.719. The average molecular weight is 441 g/mol. The number of nitrogens with zero attached hydrogens (tertiary/aromatic N) is 2. The van der Waals surface area contributed by atoms with Gasteiger partial charge in [0, 0.05) is 38.4 Å². The smallest absolute Gasteiger partial charge is 0.323 e. The number of carbonyl (C=O) groups excluding carboxylic acids is 2. The van der Waals surface area contributed by atoms with Crippen molar-refractivity contribution in [3.63, 3.8) is 0 Å². The van der Waals surface area contributed by atoms with Crippen LogP contribution >= 0.6 is 0 Å². The summed E-state index contributed by atoms with van der Waals surface area (Å²) in [5.41, 5.74) is 1.41. The summed E-state index contributed by atoms with van der Waals surface area (Å²) in [6, 6.07) is 10.1.